The molecule has 2 rings (SSSR count). The van der Waals surface area contributed by atoms with E-state index in [1.54, 1.807) is 0 Å². The molecule has 1 aromatic rings. The van der Waals surface area contributed by atoms with E-state index < -0.39 is 5.82 Å². The molecule has 0 saturated heterocycles. The average Bonchev–Trinajstić information content (AvgIpc) is 2.42. The minimum absolute atomic E-state index is 0.0603. The van der Waals surface area contributed by atoms with E-state index >= 15 is 0 Å². The van der Waals surface area contributed by atoms with Crippen LogP contribution in [-0.2, 0) is 0 Å². The summed E-state index contributed by atoms with van der Waals surface area (Å²) < 4.78 is 13.5. The largest absolute Gasteiger partial charge is 0.352 e. The number of hydrogen-bond donors (Lipinski definition) is 2. The number of hydrogen-bond acceptors (Lipinski definition) is 2. The number of halogens is 1. The van der Waals surface area contributed by atoms with Gasteiger partial charge in [-0.1, -0.05) is 11.6 Å². The van der Waals surface area contributed by atoms with Crippen molar-refractivity contribution in [3.63, 3.8) is 0 Å². The van der Waals surface area contributed by atoms with Gasteiger partial charge in [-0.25, -0.2) is 4.39 Å². The summed E-state index contributed by atoms with van der Waals surface area (Å²) >= 11 is 4.11. The fraction of sp³-hybridized carbons (Fsp3) is 0.400. The summed E-state index contributed by atoms with van der Waals surface area (Å²) in [4.78, 5) is 12.4. The Bertz CT molecular complexity index is 499. The smallest absolute Gasteiger partial charge is 0.254 e. The van der Waals surface area contributed by atoms with Gasteiger partial charge >= 0.3 is 0 Å². The first kappa shape index (κ1) is 14.1. The van der Waals surface area contributed by atoms with Gasteiger partial charge in [-0.2, -0.15) is 0 Å². The molecule has 2 nitrogen and oxygen atoms in total. The Balaban J connectivity index is 1.87. The minimum atomic E-state index is -0.507. The number of allylic oxidation sites excluding steroid dienone is 1. The Morgan fingerprint density at radius 3 is 2.95 bits per heavy atom. The fourth-order valence-corrected chi connectivity index (χ4v) is 2.45. The predicted octanol–water partition coefficient (Wildman–Crippen LogP) is 3.73. The Morgan fingerprint density at radius 1 is 1.37 bits per heavy atom. The molecular formula is C15H18FNOS. The number of carbonyl (C=O) groups excluding carboxylic acids is 1. The van der Waals surface area contributed by atoms with Crippen LogP contribution in [0.2, 0.25) is 0 Å². The maximum Gasteiger partial charge on any atom is 0.254 e. The topological polar surface area (TPSA) is 29.1 Å². The second-order valence-electron chi connectivity index (χ2n) is 4.78. The highest BCUT2D eigenvalue weighted by Crippen LogP contribution is 2.19. The molecule has 0 atom stereocenters. The van der Waals surface area contributed by atoms with Gasteiger partial charge in [0.05, 0.1) is 5.56 Å². The molecule has 0 unspecified atom stereocenters. The molecule has 0 spiro atoms. The first-order valence-corrected chi connectivity index (χ1v) is 7.06. The molecule has 4 heteroatoms. The first-order chi connectivity index (χ1) is 9.16. The predicted molar refractivity (Wildman–Crippen MR) is 77.2 cm³/mol. The maximum absolute atomic E-state index is 13.5. The molecule has 0 aromatic heterocycles. The van der Waals surface area contributed by atoms with Crippen LogP contribution in [0.4, 0.5) is 4.39 Å². The van der Waals surface area contributed by atoms with Crippen molar-refractivity contribution < 1.29 is 9.18 Å². The van der Waals surface area contributed by atoms with Gasteiger partial charge in [0.25, 0.3) is 5.91 Å². The van der Waals surface area contributed by atoms with Gasteiger partial charge in [0.2, 0.25) is 0 Å². The van der Waals surface area contributed by atoms with Gasteiger partial charge in [0.15, 0.2) is 0 Å². The third-order valence-electron chi connectivity index (χ3n) is 3.31. The molecule has 1 aliphatic carbocycles. The van der Waals surface area contributed by atoms with Crippen molar-refractivity contribution in [2.75, 3.05) is 6.54 Å². The second kappa shape index (κ2) is 6.75. The van der Waals surface area contributed by atoms with E-state index in [0.29, 0.717) is 11.4 Å². The van der Waals surface area contributed by atoms with E-state index in [0.717, 1.165) is 19.3 Å². The first-order valence-electron chi connectivity index (χ1n) is 6.61. The summed E-state index contributed by atoms with van der Waals surface area (Å²) in [6.45, 7) is 0.556. The summed E-state index contributed by atoms with van der Waals surface area (Å²) in [5.74, 6) is -0.878. The number of benzene rings is 1. The molecule has 0 aliphatic heterocycles. The summed E-state index contributed by atoms with van der Waals surface area (Å²) in [6, 6.07) is 4.25. The number of rotatable bonds is 4. The van der Waals surface area contributed by atoms with Gasteiger partial charge in [0.1, 0.15) is 5.82 Å². The van der Waals surface area contributed by atoms with Gasteiger partial charge in [-0.3, -0.25) is 4.79 Å². The third kappa shape index (κ3) is 4.10. The van der Waals surface area contributed by atoms with E-state index in [4.69, 9.17) is 0 Å². The normalized spacial score (nSPS) is 14.9. The lowest BCUT2D eigenvalue weighted by molar-refractivity contribution is 0.0950. The van der Waals surface area contributed by atoms with Gasteiger partial charge in [-0.05, 0) is 50.3 Å². The summed E-state index contributed by atoms with van der Waals surface area (Å²) in [6.07, 6.45) is 7.86. The highest BCUT2D eigenvalue weighted by molar-refractivity contribution is 7.80. The van der Waals surface area contributed by atoms with Crippen molar-refractivity contribution >= 4 is 18.5 Å². The third-order valence-corrected chi connectivity index (χ3v) is 3.59. The molecule has 1 aliphatic rings. The zero-order valence-corrected chi connectivity index (χ0v) is 11.7. The molecule has 1 N–H and O–H groups in total. The van der Waals surface area contributed by atoms with Crippen LogP contribution >= 0.6 is 12.6 Å². The van der Waals surface area contributed by atoms with Crippen LogP contribution in [0.1, 0.15) is 42.5 Å². The van der Waals surface area contributed by atoms with Crippen molar-refractivity contribution in [3.8, 4) is 0 Å². The molecule has 19 heavy (non-hydrogen) atoms. The van der Waals surface area contributed by atoms with Crippen molar-refractivity contribution in [2.45, 2.75) is 37.0 Å². The van der Waals surface area contributed by atoms with Crippen LogP contribution in [0.25, 0.3) is 0 Å². The zero-order chi connectivity index (χ0) is 13.7. The van der Waals surface area contributed by atoms with Crippen LogP contribution in [0.5, 0.6) is 0 Å². The highest BCUT2D eigenvalue weighted by atomic mass is 32.1. The Kier molecular flexibility index (Phi) is 5.02. The fourth-order valence-electron chi connectivity index (χ4n) is 2.25. The van der Waals surface area contributed by atoms with E-state index in [-0.39, 0.29) is 11.5 Å². The summed E-state index contributed by atoms with van der Waals surface area (Å²) in [5.41, 5.74) is 1.46. The van der Waals surface area contributed by atoms with Crippen molar-refractivity contribution in [1.82, 2.24) is 5.32 Å². The average molecular weight is 279 g/mol. The van der Waals surface area contributed by atoms with E-state index in [1.165, 1.54) is 36.6 Å². The quantitative estimate of drug-likeness (QED) is 0.638. The van der Waals surface area contributed by atoms with E-state index in [9.17, 15) is 9.18 Å². The lowest BCUT2D eigenvalue weighted by Gasteiger charge is -2.13. The van der Waals surface area contributed by atoms with Crippen molar-refractivity contribution in [2.24, 2.45) is 0 Å². The molecule has 0 heterocycles. The molecule has 102 valence electrons. The monoisotopic (exact) mass is 279 g/mol. The van der Waals surface area contributed by atoms with Crippen LogP contribution < -0.4 is 5.32 Å². The van der Waals surface area contributed by atoms with Crippen LogP contribution in [0.3, 0.4) is 0 Å². The molecule has 1 amide bonds. The highest BCUT2D eigenvalue weighted by Gasteiger charge is 2.12. The van der Waals surface area contributed by atoms with Crippen molar-refractivity contribution in [3.05, 3.63) is 41.2 Å². The Morgan fingerprint density at radius 2 is 2.21 bits per heavy atom. The maximum atomic E-state index is 13.5. The number of carbonyl (C=O) groups is 1. The number of nitrogens with one attached hydrogen (secondary N) is 1. The summed E-state index contributed by atoms with van der Waals surface area (Å²) in [5, 5.41) is 2.76. The second-order valence-corrected chi connectivity index (χ2v) is 5.29. The standard InChI is InChI=1S/C15H18FNOS/c16-14-7-6-12(19)10-13(14)15(18)17-9-8-11-4-2-1-3-5-11/h4,6-7,10,19H,1-3,5,8-9H2,(H,17,18). The minimum Gasteiger partial charge on any atom is -0.352 e. The summed E-state index contributed by atoms with van der Waals surface area (Å²) in [7, 11) is 0. The molecule has 0 saturated carbocycles. The lowest BCUT2D eigenvalue weighted by atomic mass is 9.97. The van der Waals surface area contributed by atoms with Gasteiger partial charge in [-0.15, -0.1) is 12.6 Å². The SMILES string of the molecule is O=C(NCCC1=CCCCC1)c1cc(S)ccc1F. The van der Waals surface area contributed by atoms with Gasteiger partial charge < -0.3 is 5.32 Å². The van der Waals surface area contributed by atoms with Crippen LogP contribution in [0.15, 0.2) is 34.7 Å². The number of amides is 1. The van der Waals surface area contributed by atoms with Crippen LogP contribution in [0, 0.1) is 5.82 Å². The Hall–Kier alpha value is -1.29. The van der Waals surface area contributed by atoms with Crippen LogP contribution in [-0.4, -0.2) is 12.5 Å². The zero-order valence-electron chi connectivity index (χ0n) is 10.8. The molecule has 1 aromatic carbocycles. The molecule has 0 radical (unpaired) electrons. The van der Waals surface area contributed by atoms with E-state index in [2.05, 4.69) is 24.0 Å². The molecular weight excluding hydrogens is 261 g/mol. The Labute approximate surface area is 118 Å². The van der Waals surface area contributed by atoms with Crippen molar-refractivity contribution in [1.29, 1.82) is 0 Å². The van der Waals surface area contributed by atoms with E-state index in [1.807, 2.05) is 0 Å². The molecule has 0 bridgehead atoms. The molecule has 0 fully saturated rings. The lowest BCUT2D eigenvalue weighted by Crippen LogP contribution is -2.25. The number of thiol groups is 1. The van der Waals surface area contributed by atoms with Gasteiger partial charge in [0, 0.05) is 11.4 Å².